The fourth-order valence-corrected chi connectivity index (χ4v) is 1.95. The number of amides is 2. The van der Waals surface area contributed by atoms with E-state index in [1.807, 2.05) is 0 Å². The van der Waals surface area contributed by atoms with Gasteiger partial charge in [-0.25, -0.2) is 4.39 Å². The van der Waals surface area contributed by atoms with Crippen LogP contribution in [0.1, 0.15) is 6.42 Å². The summed E-state index contributed by atoms with van der Waals surface area (Å²) < 4.78 is 13.0. The molecule has 2 heterocycles. The van der Waals surface area contributed by atoms with Crippen molar-refractivity contribution in [1.82, 2.24) is 0 Å². The topological polar surface area (TPSA) is 49.4 Å². The Morgan fingerprint density at radius 2 is 2.12 bits per heavy atom. The lowest BCUT2D eigenvalue weighted by Gasteiger charge is -2.27. The van der Waals surface area contributed by atoms with Gasteiger partial charge < -0.3 is 5.32 Å². The highest BCUT2D eigenvalue weighted by molar-refractivity contribution is 6.21. The fourth-order valence-electron chi connectivity index (χ4n) is 1.95. The highest BCUT2D eigenvalue weighted by atomic mass is 19.1. The highest BCUT2D eigenvalue weighted by Crippen LogP contribution is 2.37. The zero-order valence-electron chi connectivity index (χ0n) is 8.16. The van der Waals surface area contributed by atoms with Crippen molar-refractivity contribution in [3.05, 3.63) is 35.8 Å². The standard InChI is InChI=1S/C11H7FN2O2/c12-6-1-2-8-7(5-6)13-11(16)9-3-4-10(15)14(8)9/h1-3,5H,4H2,(H,13,16). The number of benzene rings is 1. The fraction of sp³-hybridized carbons (Fsp3) is 0.0909. The van der Waals surface area contributed by atoms with Crippen LogP contribution in [0.2, 0.25) is 0 Å². The summed E-state index contributed by atoms with van der Waals surface area (Å²) in [6.07, 6.45) is 1.78. The second-order valence-electron chi connectivity index (χ2n) is 3.64. The molecule has 0 saturated heterocycles. The van der Waals surface area contributed by atoms with E-state index in [9.17, 15) is 14.0 Å². The summed E-state index contributed by atoms with van der Waals surface area (Å²) in [6.45, 7) is 0. The Balaban J connectivity index is 2.21. The molecule has 1 N–H and O–H groups in total. The Hall–Kier alpha value is -2.17. The van der Waals surface area contributed by atoms with Gasteiger partial charge >= 0.3 is 0 Å². The van der Waals surface area contributed by atoms with Crippen LogP contribution in [0.4, 0.5) is 15.8 Å². The SMILES string of the molecule is O=C1Nc2cc(F)ccc2N2C(=O)CC=C12. The van der Waals surface area contributed by atoms with Gasteiger partial charge in [0.05, 0.1) is 11.4 Å². The molecule has 0 fully saturated rings. The largest absolute Gasteiger partial charge is 0.319 e. The van der Waals surface area contributed by atoms with Crippen LogP contribution in [0.25, 0.3) is 0 Å². The first-order valence-corrected chi connectivity index (χ1v) is 4.81. The summed E-state index contributed by atoms with van der Waals surface area (Å²) in [5, 5.41) is 2.55. The lowest BCUT2D eigenvalue weighted by molar-refractivity contribution is -0.118. The highest BCUT2D eigenvalue weighted by Gasteiger charge is 2.35. The van der Waals surface area contributed by atoms with Gasteiger partial charge in [-0.15, -0.1) is 0 Å². The average Bonchev–Trinajstić information content (AvgIpc) is 2.61. The van der Waals surface area contributed by atoms with Crippen molar-refractivity contribution in [2.45, 2.75) is 6.42 Å². The average molecular weight is 218 g/mol. The van der Waals surface area contributed by atoms with Gasteiger partial charge in [-0.05, 0) is 24.3 Å². The van der Waals surface area contributed by atoms with Crippen molar-refractivity contribution in [2.75, 3.05) is 10.2 Å². The number of fused-ring (bicyclic) bond motifs is 3. The van der Waals surface area contributed by atoms with Crippen LogP contribution in [0.5, 0.6) is 0 Å². The number of carbonyl (C=O) groups excluding carboxylic acids is 2. The maximum absolute atomic E-state index is 13.0. The molecule has 2 aliphatic rings. The van der Waals surface area contributed by atoms with E-state index in [0.29, 0.717) is 17.1 Å². The van der Waals surface area contributed by atoms with Gasteiger partial charge in [0.2, 0.25) is 5.91 Å². The maximum Gasteiger partial charge on any atom is 0.272 e. The minimum atomic E-state index is -0.446. The lowest BCUT2D eigenvalue weighted by Crippen LogP contribution is -2.36. The maximum atomic E-state index is 13.0. The van der Waals surface area contributed by atoms with Crippen LogP contribution in [0.15, 0.2) is 30.0 Å². The number of rotatable bonds is 0. The second-order valence-corrected chi connectivity index (χ2v) is 3.64. The molecule has 0 aromatic heterocycles. The molecule has 0 atom stereocenters. The molecule has 2 amide bonds. The summed E-state index contributed by atoms with van der Waals surface area (Å²) >= 11 is 0. The Bertz CT molecular complexity index is 551. The molecular weight excluding hydrogens is 211 g/mol. The Morgan fingerprint density at radius 1 is 1.31 bits per heavy atom. The molecule has 0 radical (unpaired) electrons. The molecule has 80 valence electrons. The molecule has 0 bridgehead atoms. The summed E-state index contributed by atoms with van der Waals surface area (Å²) in [4.78, 5) is 24.5. The van der Waals surface area contributed by atoms with Gasteiger partial charge in [0.1, 0.15) is 11.5 Å². The molecule has 4 nitrogen and oxygen atoms in total. The molecular formula is C11H7FN2O2. The van der Waals surface area contributed by atoms with Crippen molar-refractivity contribution in [3.63, 3.8) is 0 Å². The third-order valence-electron chi connectivity index (χ3n) is 2.64. The van der Waals surface area contributed by atoms with Gasteiger partial charge in [0.25, 0.3) is 5.91 Å². The van der Waals surface area contributed by atoms with E-state index >= 15 is 0 Å². The zero-order valence-corrected chi connectivity index (χ0v) is 8.16. The van der Waals surface area contributed by atoms with Crippen molar-refractivity contribution in [2.24, 2.45) is 0 Å². The molecule has 16 heavy (non-hydrogen) atoms. The Labute approximate surface area is 90.4 Å². The van der Waals surface area contributed by atoms with Crippen LogP contribution >= 0.6 is 0 Å². The molecule has 0 unspecified atom stereocenters. The number of hydrogen-bond donors (Lipinski definition) is 1. The normalized spacial score (nSPS) is 17.8. The molecule has 0 aliphatic carbocycles. The van der Waals surface area contributed by atoms with Crippen molar-refractivity contribution in [1.29, 1.82) is 0 Å². The quantitative estimate of drug-likeness (QED) is 0.715. The number of hydrogen-bond acceptors (Lipinski definition) is 2. The van der Waals surface area contributed by atoms with Crippen LogP contribution in [-0.4, -0.2) is 11.8 Å². The first-order chi connectivity index (χ1) is 7.66. The van der Waals surface area contributed by atoms with Gasteiger partial charge in [-0.3, -0.25) is 14.5 Å². The lowest BCUT2D eigenvalue weighted by atomic mass is 10.2. The minimum absolute atomic E-state index is 0.169. The number of halogens is 1. The molecule has 1 aromatic rings. The number of anilines is 2. The van der Waals surface area contributed by atoms with Gasteiger partial charge in [0.15, 0.2) is 0 Å². The van der Waals surface area contributed by atoms with Crippen LogP contribution in [0, 0.1) is 5.82 Å². The number of nitrogens with zero attached hydrogens (tertiary/aromatic N) is 1. The monoisotopic (exact) mass is 218 g/mol. The summed E-state index contributed by atoms with van der Waals surface area (Å²) in [7, 11) is 0. The number of nitrogens with one attached hydrogen (secondary N) is 1. The molecule has 2 aliphatic heterocycles. The van der Waals surface area contributed by atoms with E-state index in [1.54, 1.807) is 6.08 Å². The van der Waals surface area contributed by atoms with E-state index in [2.05, 4.69) is 5.32 Å². The Morgan fingerprint density at radius 3 is 2.94 bits per heavy atom. The van der Waals surface area contributed by atoms with E-state index in [-0.39, 0.29) is 18.2 Å². The van der Waals surface area contributed by atoms with Crippen LogP contribution in [-0.2, 0) is 9.59 Å². The van der Waals surface area contributed by atoms with Crippen molar-refractivity contribution in [3.8, 4) is 0 Å². The van der Waals surface area contributed by atoms with Crippen LogP contribution in [0.3, 0.4) is 0 Å². The Kier molecular flexibility index (Phi) is 1.65. The second kappa shape index (κ2) is 2.91. The van der Waals surface area contributed by atoms with Gasteiger partial charge in [-0.2, -0.15) is 0 Å². The summed E-state index contributed by atoms with van der Waals surface area (Å²) in [5.41, 5.74) is 1.18. The predicted molar refractivity (Wildman–Crippen MR) is 55.2 cm³/mol. The first-order valence-electron chi connectivity index (χ1n) is 4.81. The first kappa shape index (κ1) is 9.08. The zero-order chi connectivity index (χ0) is 11.3. The van der Waals surface area contributed by atoms with Crippen LogP contribution < -0.4 is 10.2 Å². The van der Waals surface area contributed by atoms with E-state index in [0.717, 1.165) is 0 Å². The summed E-state index contributed by atoms with van der Waals surface area (Å²) in [5.74, 6) is -0.986. The number of carbonyl (C=O) groups is 2. The third kappa shape index (κ3) is 1.08. The minimum Gasteiger partial charge on any atom is -0.319 e. The smallest absolute Gasteiger partial charge is 0.272 e. The molecule has 1 aromatic carbocycles. The van der Waals surface area contributed by atoms with Crippen molar-refractivity contribution < 1.29 is 14.0 Å². The summed E-state index contributed by atoms with van der Waals surface area (Å²) in [6, 6.07) is 3.95. The van der Waals surface area contributed by atoms with Gasteiger partial charge in [0, 0.05) is 6.42 Å². The molecule has 5 heteroatoms. The van der Waals surface area contributed by atoms with E-state index < -0.39 is 5.82 Å². The van der Waals surface area contributed by atoms with E-state index in [1.165, 1.54) is 23.1 Å². The molecule has 0 saturated carbocycles. The molecule has 0 spiro atoms. The molecule has 3 rings (SSSR count). The van der Waals surface area contributed by atoms with Crippen molar-refractivity contribution >= 4 is 23.2 Å². The predicted octanol–water partition coefficient (Wildman–Crippen LogP) is 1.40. The third-order valence-corrected chi connectivity index (χ3v) is 2.64. The van der Waals surface area contributed by atoms with Gasteiger partial charge in [-0.1, -0.05) is 0 Å². The van der Waals surface area contributed by atoms with E-state index in [4.69, 9.17) is 0 Å².